The van der Waals surface area contributed by atoms with Crippen LogP contribution in [0, 0.1) is 11.3 Å². The lowest BCUT2D eigenvalue weighted by molar-refractivity contribution is -0.150. The minimum Gasteiger partial charge on any atom is -0.477 e. The molecule has 0 saturated carbocycles. The number of rotatable bonds is 7. The highest BCUT2D eigenvalue weighted by atomic mass is 32.2. The molecule has 1 saturated heterocycles. The number of carbonyl (C=O) groups is 4. The van der Waals surface area contributed by atoms with Crippen LogP contribution in [0.25, 0.3) is 0 Å². The Kier molecular flexibility index (Phi) is 6.86. The first-order valence-electron chi connectivity index (χ1n) is 9.64. The number of carbonyl (C=O) groups excluding carboxylic acids is 3. The fraction of sp³-hybridized carbons (Fsp3) is 0.278. The summed E-state index contributed by atoms with van der Waals surface area (Å²) in [7, 11) is 1.25. The Morgan fingerprint density at radius 3 is 2.89 bits per heavy atom. The summed E-state index contributed by atoms with van der Waals surface area (Å²) in [6.07, 6.45) is 1.26. The number of amides is 3. The maximum absolute atomic E-state index is 12.9. The molecule has 3 amide bonds. The van der Waals surface area contributed by atoms with Crippen LogP contribution in [0.4, 0.5) is 5.13 Å². The number of thiazole rings is 1. The van der Waals surface area contributed by atoms with E-state index < -0.39 is 35.1 Å². The molecule has 182 valence electrons. The quantitative estimate of drug-likeness (QED) is 0.147. The van der Waals surface area contributed by atoms with E-state index >= 15 is 0 Å². The van der Waals surface area contributed by atoms with E-state index in [9.17, 15) is 24.3 Å². The molecule has 0 radical (unpaired) electrons. The summed E-state index contributed by atoms with van der Waals surface area (Å²) in [5.41, 5.74) is 5.53. The molecule has 4 heterocycles. The number of carboxylic acid groups (broad SMARTS) is 1. The second kappa shape index (κ2) is 9.85. The predicted molar refractivity (Wildman–Crippen MR) is 126 cm³/mol. The molecular weight excluding hydrogens is 520 g/mol. The number of nitrogens with two attached hydrogens (primary N) is 1. The Labute approximate surface area is 210 Å². The largest absolute Gasteiger partial charge is 0.477 e. The minimum absolute atomic E-state index is 0.117. The Balaban J connectivity index is 1.52. The minimum atomic E-state index is -1.35. The molecule has 5 N–H and O–H groups in total. The molecule has 2 atom stereocenters. The number of aliphatic carboxylic acids is 1. The first kappa shape index (κ1) is 24.4. The molecule has 14 nitrogen and oxygen atoms in total. The lowest BCUT2D eigenvalue weighted by Gasteiger charge is -2.49. The van der Waals surface area contributed by atoms with E-state index in [1.54, 1.807) is 6.07 Å². The maximum Gasteiger partial charge on any atom is 0.352 e. The van der Waals surface area contributed by atoms with Crippen molar-refractivity contribution >= 4 is 69.8 Å². The van der Waals surface area contributed by atoms with Crippen LogP contribution in [0.3, 0.4) is 0 Å². The van der Waals surface area contributed by atoms with E-state index in [4.69, 9.17) is 15.8 Å². The molecule has 1 aromatic heterocycles. The first-order valence-corrected chi connectivity index (χ1v) is 12.3. The molecule has 17 heteroatoms. The Morgan fingerprint density at radius 1 is 1.49 bits per heavy atom. The van der Waals surface area contributed by atoms with E-state index in [0.29, 0.717) is 5.57 Å². The van der Waals surface area contributed by atoms with Gasteiger partial charge in [0, 0.05) is 17.3 Å². The average molecular weight is 537 g/mol. The van der Waals surface area contributed by atoms with Gasteiger partial charge in [-0.15, -0.1) is 23.1 Å². The van der Waals surface area contributed by atoms with Crippen LogP contribution < -0.4 is 15.8 Å². The van der Waals surface area contributed by atoms with Gasteiger partial charge in [0.15, 0.2) is 10.8 Å². The average Bonchev–Trinajstić information content (AvgIpc) is 3.27. The zero-order valence-electron chi connectivity index (χ0n) is 17.8. The third-order valence-electron chi connectivity index (χ3n) is 4.98. The second-order valence-electron chi connectivity index (χ2n) is 7.03. The van der Waals surface area contributed by atoms with Crippen molar-refractivity contribution in [1.82, 2.24) is 24.2 Å². The number of hydrogen-bond donors (Lipinski definition) is 4. The first-order chi connectivity index (χ1) is 16.8. The summed E-state index contributed by atoms with van der Waals surface area (Å²) in [4.78, 5) is 60.0. The van der Waals surface area contributed by atoms with Gasteiger partial charge in [0.25, 0.3) is 17.7 Å². The molecule has 1 aromatic rings. The van der Waals surface area contributed by atoms with Crippen LogP contribution in [0.15, 0.2) is 33.6 Å². The van der Waals surface area contributed by atoms with Crippen molar-refractivity contribution in [3.8, 4) is 6.07 Å². The lowest BCUT2D eigenvalue weighted by atomic mass is 10.0. The van der Waals surface area contributed by atoms with Crippen molar-refractivity contribution in [2.75, 3.05) is 25.1 Å². The molecule has 0 bridgehead atoms. The molecule has 4 rings (SSSR count). The lowest BCUT2D eigenvalue weighted by Crippen LogP contribution is -2.71. The zero-order chi connectivity index (χ0) is 25.3. The van der Waals surface area contributed by atoms with Gasteiger partial charge in [0.1, 0.15) is 41.6 Å². The van der Waals surface area contributed by atoms with E-state index in [1.165, 1.54) is 34.8 Å². The van der Waals surface area contributed by atoms with Crippen molar-refractivity contribution in [3.63, 3.8) is 0 Å². The van der Waals surface area contributed by atoms with E-state index in [1.807, 2.05) is 0 Å². The molecule has 1 fully saturated rings. The van der Waals surface area contributed by atoms with Gasteiger partial charge >= 0.3 is 5.97 Å². The van der Waals surface area contributed by atoms with Crippen LogP contribution in [-0.2, 0) is 24.0 Å². The highest BCUT2D eigenvalue weighted by Gasteiger charge is 2.54. The Morgan fingerprint density at radius 2 is 2.26 bits per heavy atom. The van der Waals surface area contributed by atoms with Crippen LogP contribution >= 0.6 is 35.2 Å². The van der Waals surface area contributed by atoms with Gasteiger partial charge in [-0.1, -0.05) is 5.16 Å². The summed E-state index contributed by atoms with van der Waals surface area (Å²) in [6.45, 7) is -0.117. The molecule has 3 aliphatic heterocycles. The summed E-state index contributed by atoms with van der Waals surface area (Å²) >= 11 is 3.24. The molecular formula is C18H16N8O6S3. The zero-order valence-corrected chi connectivity index (χ0v) is 20.2. The number of aromatic nitrogens is 1. The molecule has 35 heavy (non-hydrogen) atoms. The van der Waals surface area contributed by atoms with Gasteiger partial charge in [-0.05, 0) is 5.57 Å². The highest BCUT2D eigenvalue weighted by molar-refractivity contribution is 8.00. The predicted octanol–water partition coefficient (Wildman–Crippen LogP) is -0.783. The number of hydrogen-bond acceptors (Lipinski definition) is 13. The fourth-order valence-electron chi connectivity index (χ4n) is 3.45. The molecule has 0 unspecified atom stereocenters. The topological polar surface area (TPSA) is 203 Å². The van der Waals surface area contributed by atoms with Crippen molar-refractivity contribution < 1.29 is 29.1 Å². The molecule has 0 spiro atoms. The molecule has 0 aromatic carbocycles. The number of β-lactam (4-membered cyclic amide) rings is 1. The summed E-state index contributed by atoms with van der Waals surface area (Å²) < 4.78 is 3.91. The normalized spacial score (nSPS) is 21.9. The van der Waals surface area contributed by atoms with Gasteiger partial charge in [-0.3, -0.25) is 23.6 Å². The van der Waals surface area contributed by atoms with Gasteiger partial charge in [-0.2, -0.15) is 5.26 Å². The van der Waals surface area contributed by atoms with Crippen molar-refractivity contribution in [2.45, 2.75) is 11.4 Å². The van der Waals surface area contributed by atoms with Crippen molar-refractivity contribution in [2.24, 2.45) is 5.16 Å². The number of anilines is 1. The molecule has 0 aliphatic carbocycles. The van der Waals surface area contributed by atoms with Crippen LogP contribution in [0.1, 0.15) is 5.69 Å². The number of nitrogen functional groups attached to an aromatic ring is 1. The fourth-order valence-corrected chi connectivity index (χ4v) is 6.03. The van der Waals surface area contributed by atoms with Crippen LogP contribution in [0.5, 0.6) is 0 Å². The monoisotopic (exact) mass is 536 g/mol. The van der Waals surface area contributed by atoms with Gasteiger partial charge in [0.05, 0.1) is 18.7 Å². The number of carboxylic acids is 1. The summed E-state index contributed by atoms with van der Waals surface area (Å²) in [5.74, 6) is -3.11. The summed E-state index contributed by atoms with van der Waals surface area (Å²) in [6, 6.07) is 0.755. The summed E-state index contributed by atoms with van der Waals surface area (Å²) in [5, 5.41) is 26.2. The number of nitrogens with one attached hydrogen (secondary N) is 2. The Bertz CT molecular complexity index is 1250. The van der Waals surface area contributed by atoms with E-state index in [-0.39, 0.29) is 40.1 Å². The SMILES string of the molecule is CON=C(C(=O)N[C@@H]1C(=O)N2C(C(=O)O)=C(CN3SNC=C(C#N)C3=O)CS[C@H]12)c1csc(N)n1. The third kappa shape index (κ3) is 4.50. The number of oxime groups is 1. The van der Waals surface area contributed by atoms with Crippen molar-refractivity contribution in [3.05, 3.63) is 34.1 Å². The van der Waals surface area contributed by atoms with Gasteiger partial charge in [-0.25, -0.2) is 9.78 Å². The van der Waals surface area contributed by atoms with Crippen LogP contribution in [-0.4, -0.2) is 79.5 Å². The second-order valence-corrected chi connectivity index (χ2v) is 9.89. The number of nitrogens with zero attached hydrogens (tertiary/aromatic N) is 5. The maximum atomic E-state index is 12.9. The van der Waals surface area contributed by atoms with Crippen LogP contribution in [0.2, 0.25) is 0 Å². The number of nitriles is 1. The van der Waals surface area contributed by atoms with E-state index in [2.05, 4.69) is 20.2 Å². The third-order valence-corrected chi connectivity index (χ3v) is 7.73. The van der Waals surface area contributed by atoms with E-state index in [0.717, 1.165) is 28.4 Å². The highest BCUT2D eigenvalue weighted by Crippen LogP contribution is 2.41. The Hall–Kier alpha value is -3.75. The van der Waals surface area contributed by atoms with Gasteiger partial charge < -0.3 is 25.7 Å². The molecule has 3 aliphatic rings. The number of thioether (sulfide) groups is 1. The number of fused-ring (bicyclic) bond motifs is 1. The smallest absolute Gasteiger partial charge is 0.352 e. The van der Waals surface area contributed by atoms with Crippen molar-refractivity contribution in [1.29, 1.82) is 5.26 Å². The van der Waals surface area contributed by atoms with Gasteiger partial charge in [0.2, 0.25) is 0 Å². The standard InChI is InChI=1S/C18H16N8O6S3/c1-32-24-10(9-6-34-18(20)22-9)13(27)23-11-15(29)26-12(17(30)31)8(5-33-16(11)26)4-25-14(28)7(2-19)3-21-35-25/h3,6,11,16,21H,4-5H2,1H3,(H2,20,22)(H,23,27)(H,30,31)/t11-,16-/m1/s1.